The summed E-state index contributed by atoms with van der Waals surface area (Å²) >= 11 is 0. The number of carboxylic acids is 1. The lowest BCUT2D eigenvalue weighted by molar-refractivity contribution is -0.308. The summed E-state index contributed by atoms with van der Waals surface area (Å²) in [5.41, 5.74) is 2.41. The Labute approximate surface area is 207 Å². The fourth-order valence-electron chi connectivity index (χ4n) is 3.76. The van der Waals surface area contributed by atoms with Crippen molar-refractivity contribution in [1.29, 1.82) is 0 Å². The van der Waals surface area contributed by atoms with Crippen LogP contribution in [0.3, 0.4) is 0 Å². The molecular formula is C28H24N3O5-. The number of benzene rings is 3. The molecule has 182 valence electrons. The molecule has 4 rings (SSSR count). The number of carboxylic acid groups (broad SMARTS) is 1. The molecule has 1 heterocycles. The minimum Gasteiger partial charge on any atom is -0.548 e. The van der Waals surface area contributed by atoms with Crippen LogP contribution >= 0.6 is 0 Å². The van der Waals surface area contributed by atoms with Crippen LogP contribution in [0.2, 0.25) is 0 Å². The first-order valence-corrected chi connectivity index (χ1v) is 11.2. The van der Waals surface area contributed by atoms with Gasteiger partial charge in [-0.2, -0.15) is 0 Å². The van der Waals surface area contributed by atoms with Crippen molar-refractivity contribution in [3.8, 4) is 5.75 Å². The van der Waals surface area contributed by atoms with E-state index in [1.165, 1.54) is 13.2 Å². The van der Waals surface area contributed by atoms with Gasteiger partial charge in [-0.05, 0) is 47.5 Å². The monoisotopic (exact) mass is 482 g/mol. The van der Waals surface area contributed by atoms with Crippen LogP contribution < -0.4 is 20.5 Å². The highest BCUT2D eigenvalue weighted by atomic mass is 16.5. The maximum absolute atomic E-state index is 13.2. The predicted octanol–water partition coefficient (Wildman–Crippen LogP) is 2.42. The average Bonchev–Trinajstić information content (AvgIpc) is 3.31. The third-order valence-corrected chi connectivity index (χ3v) is 5.64. The number of para-hydroxylation sites is 1. The summed E-state index contributed by atoms with van der Waals surface area (Å²) < 4.78 is 5.16. The van der Waals surface area contributed by atoms with E-state index in [1.807, 2.05) is 24.3 Å². The second-order valence-electron chi connectivity index (χ2n) is 8.06. The lowest BCUT2D eigenvalue weighted by atomic mass is 10.0. The summed E-state index contributed by atoms with van der Waals surface area (Å²) in [4.78, 5) is 41.0. The first-order chi connectivity index (χ1) is 17.4. The van der Waals surface area contributed by atoms with Gasteiger partial charge in [-0.15, -0.1) is 0 Å². The van der Waals surface area contributed by atoms with Crippen molar-refractivity contribution in [1.82, 2.24) is 15.6 Å². The maximum atomic E-state index is 13.2. The smallest absolute Gasteiger partial charge is 0.268 e. The van der Waals surface area contributed by atoms with Gasteiger partial charge in [0.1, 0.15) is 11.4 Å². The van der Waals surface area contributed by atoms with Crippen molar-refractivity contribution >= 4 is 34.8 Å². The Morgan fingerprint density at radius 3 is 2.36 bits per heavy atom. The summed E-state index contributed by atoms with van der Waals surface area (Å²) in [7, 11) is 1.54. The third-order valence-electron chi connectivity index (χ3n) is 5.64. The van der Waals surface area contributed by atoms with Crippen LogP contribution in [-0.2, 0) is 16.0 Å². The Balaban J connectivity index is 1.59. The highest BCUT2D eigenvalue weighted by Crippen LogP contribution is 2.19. The highest BCUT2D eigenvalue weighted by Gasteiger charge is 2.21. The quantitative estimate of drug-likeness (QED) is 0.316. The van der Waals surface area contributed by atoms with Gasteiger partial charge in [-0.1, -0.05) is 48.5 Å². The molecule has 8 heteroatoms. The molecule has 0 aliphatic heterocycles. The van der Waals surface area contributed by atoms with Crippen molar-refractivity contribution in [2.45, 2.75) is 12.5 Å². The summed E-state index contributed by atoms with van der Waals surface area (Å²) in [6.07, 6.45) is 3.17. The van der Waals surface area contributed by atoms with Gasteiger partial charge in [0.2, 0.25) is 0 Å². The first kappa shape index (κ1) is 24.3. The van der Waals surface area contributed by atoms with Crippen LogP contribution in [0.25, 0.3) is 17.0 Å². The number of fused-ring (bicyclic) bond motifs is 1. The van der Waals surface area contributed by atoms with Crippen LogP contribution in [0.1, 0.15) is 21.5 Å². The topological polar surface area (TPSA) is 123 Å². The second-order valence-corrected chi connectivity index (χ2v) is 8.06. The third kappa shape index (κ3) is 5.79. The summed E-state index contributed by atoms with van der Waals surface area (Å²) in [5, 5.41) is 17.9. The van der Waals surface area contributed by atoms with Crippen LogP contribution in [0.5, 0.6) is 5.75 Å². The molecule has 0 spiro atoms. The molecule has 1 aromatic heterocycles. The van der Waals surface area contributed by atoms with Gasteiger partial charge in [-0.3, -0.25) is 9.59 Å². The molecule has 0 saturated carbocycles. The molecule has 0 fully saturated rings. The molecule has 2 amide bonds. The first-order valence-electron chi connectivity index (χ1n) is 11.2. The standard InChI is InChI=1S/C28H25N3O5/c1-36-21-13-11-18(12-14-21)15-24(30-26(32)19-7-3-2-4-8-19)27(33)31-25(28(34)35)16-20-17-29-23-10-6-5-9-22(20)23/h2-15,17,25,29H,16H2,1H3,(H,30,32)(H,31,33)(H,34,35)/p-1/b24-15+/t25-/m0/s1. The summed E-state index contributed by atoms with van der Waals surface area (Å²) in [6.45, 7) is 0. The van der Waals surface area contributed by atoms with Gasteiger partial charge in [0, 0.05) is 29.1 Å². The van der Waals surface area contributed by atoms with Crippen molar-refractivity contribution in [3.05, 3.63) is 107 Å². The van der Waals surface area contributed by atoms with E-state index in [4.69, 9.17) is 4.74 Å². The van der Waals surface area contributed by atoms with E-state index < -0.39 is 23.8 Å². The molecule has 36 heavy (non-hydrogen) atoms. The summed E-state index contributed by atoms with van der Waals surface area (Å²) in [6, 6.07) is 21.4. The predicted molar refractivity (Wildman–Crippen MR) is 134 cm³/mol. The number of aromatic nitrogens is 1. The Kier molecular flexibility index (Phi) is 7.45. The van der Waals surface area contributed by atoms with Crippen molar-refractivity contribution in [2.24, 2.45) is 0 Å². The molecule has 0 aliphatic carbocycles. The number of rotatable bonds is 9. The molecule has 3 N–H and O–H groups in total. The lowest BCUT2D eigenvalue weighted by Crippen LogP contribution is -2.50. The van der Waals surface area contributed by atoms with Crippen LogP contribution in [0.4, 0.5) is 0 Å². The molecule has 0 bridgehead atoms. The minimum atomic E-state index is -1.44. The number of aromatic amines is 1. The number of hydrogen-bond acceptors (Lipinski definition) is 5. The van der Waals surface area contributed by atoms with Gasteiger partial charge in [0.05, 0.1) is 19.1 Å². The van der Waals surface area contributed by atoms with E-state index in [0.717, 1.165) is 10.9 Å². The molecule has 0 unspecified atom stereocenters. The zero-order chi connectivity index (χ0) is 25.5. The highest BCUT2D eigenvalue weighted by molar-refractivity contribution is 6.06. The molecule has 0 radical (unpaired) electrons. The molecule has 1 atom stereocenters. The van der Waals surface area contributed by atoms with Crippen molar-refractivity contribution in [3.63, 3.8) is 0 Å². The Morgan fingerprint density at radius 1 is 0.972 bits per heavy atom. The lowest BCUT2D eigenvalue weighted by Gasteiger charge is -2.21. The largest absolute Gasteiger partial charge is 0.548 e. The number of carbonyl (C=O) groups excluding carboxylic acids is 3. The van der Waals surface area contributed by atoms with E-state index in [0.29, 0.717) is 22.4 Å². The molecule has 3 aromatic carbocycles. The Bertz CT molecular complexity index is 1410. The minimum absolute atomic E-state index is 0.000530. The normalized spacial score (nSPS) is 12.1. The number of nitrogens with one attached hydrogen (secondary N) is 3. The van der Waals surface area contributed by atoms with Gasteiger partial charge >= 0.3 is 0 Å². The van der Waals surface area contributed by atoms with Crippen molar-refractivity contribution in [2.75, 3.05) is 7.11 Å². The fourth-order valence-corrected chi connectivity index (χ4v) is 3.76. The van der Waals surface area contributed by atoms with E-state index in [-0.39, 0.29) is 12.1 Å². The number of ether oxygens (including phenoxy) is 1. The van der Waals surface area contributed by atoms with Crippen LogP contribution in [0, 0.1) is 0 Å². The Hall–Kier alpha value is -4.85. The second kappa shape index (κ2) is 11.1. The van der Waals surface area contributed by atoms with E-state index in [1.54, 1.807) is 60.8 Å². The number of aliphatic carboxylic acids is 1. The van der Waals surface area contributed by atoms with Crippen LogP contribution in [-0.4, -0.2) is 35.9 Å². The van der Waals surface area contributed by atoms with Gasteiger partial charge in [0.15, 0.2) is 0 Å². The zero-order valence-corrected chi connectivity index (χ0v) is 19.5. The molecule has 0 aliphatic rings. The average molecular weight is 483 g/mol. The van der Waals surface area contributed by atoms with E-state index >= 15 is 0 Å². The van der Waals surface area contributed by atoms with Gasteiger partial charge in [-0.25, -0.2) is 0 Å². The maximum Gasteiger partial charge on any atom is 0.268 e. The van der Waals surface area contributed by atoms with Gasteiger partial charge < -0.3 is 30.3 Å². The zero-order valence-electron chi connectivity index (χ0n) is 19.5. The summed E-state index contributed by atoms with van der Waals surface area (Å²) in [5.74, 6) is -2.08. The van der Waals surface area contributed by atoms with Crippen molar-refractivity contribution < 1.29 is 24.2 Å². The molecule has 0 saturated heterocycles. The Morgan fingerprint density at radius 2 is 1.67 bits per heavy atom. The molecule has 8 nitrogen and oxygen atoms in total. The van der Waals surface area contributed by atoms with Gasteiger partial charge in [0.25, 0.3) is 11.8 Å². The van der Waals surface area contributed by atoms with Crippen LogP contribution in [0.15, 0.2) is 90.8 Å². The number of methoxy groups -OCH3 is 1. The number of hydrogen-bond donors (Lipinski definition) is 3. The number of H-pyrrole nitrogens is 1. The van der Waals surface area contributed by atoms with E-state index in [9.17, 15) is 19.5 Å². The number of carbonyl (C=O) groups is 3. The van der Waals surface area contributed by atoms with E-state index in [2.05, 4.69) is 15.6 Å². The molecular weight excluding hydrogens is 458 g/mol. The fraction of sp³-hybridized carbons (Fsp3) is 0.107. The molecule has 4 aromatic rings. The number of amides is 2. The SMILES string of the molecule is COc1ccc(/C=C(/NC(=O)c2ccccc2)C(=O)N[C@@H](Cc2c[nH]c3ccccc23)C(=O)[O-])cc1.